The van der Waals surface area contributed by atoms with E-state index in [9.17, 15) is 14.9 Å². The first-order chi connectivity index (χ1) is 15.3. The zero-order valence-corrected chi connectivity index (χ0v) is 19.1. The number of ether oxygens (including phenoxy) is 1. The average molecular weight is 435 g/mol. The molecule has 0 radical (unpaired) electrons. The number of anilines is 1. The van der Waals surface area contributed by atoms with E-state index in [4.69, 9.17) is 4.74 Å². The Hall–Kier alpha value is -3.37. The van der Waals surface area contributed by atoms with Gasteiger partial charge in [-0.2, -0.15) is 5.26 Å². The zero-order valence-electron chi connectivity index (χ0n) is 19.1. The van der Waals surface area contributed by atoms with Gasteiger partial charge in [-0.1, -0.05) is 18.2 Å². The molecule has 7 heteroatoms. The zero-order chi connectivity index (χ0) is 23.3. The molecule has 1 fully saturated rings. The fourth-order valence-corrected chi connectivity index (χ4v) is 4.00. The Morgan fingerprint density at radius 3 is 2.59 bits per heavy atom. The summed E-state index contributed by atoms with van der Waals surface area (Å²) in [5, 5.41) is 14.9. The van der Waals surface area contributed by atoms with Crippen LogP contribution >= 0.6 is 0 Å². The normalized spacial score (nSPS) is 16.0. The molecule has 0 spiro atoms. The summed E-state index contributed by atoms with van der Waals surface area (Å²) < 4.78 is 7.90. The van der Waals surface area contributed by atoms with Gasteiger partial charge in [-0.05, 0) is 69.4 Å². The highest BCUT2D eigenvalue weighted by Gasteiger charge is 2.19. The van der Waals surface area contributed by atoms with Crippen molar-refractivity contribution in [3.63, 3.8) is 0 Å². The second-order valence-electron chi connectivity index (χ2n) is 8.24. The first-order valence-corrected chi connectivity index (χ1v) is 10.8. The van der Waals surface area contributed by atoms with Crippen LogP contribution in [0.25, 0.3) is 6.08 Å². The van der Waals surface area contributed by atoms with Crippen molar-refractivity contribution in [1.29, 1.82) is 5.26 Å². The molecule has 32 heavy (non-hydrogen) atoms. The molecule has 0 aliphatic carbocycles. The van der Waals surface area contributed by atoms with Crippen molar-refractivity contribution in [3.05, 3.63) is 57.9 Å². The Bertz CT molecular complexity index is 1070. The van der Waals surface area contributed by atoms with Crippen LogP contribution in [0.5, 0.6) is 0 Å². The number of nitrogens with zero attached hydrogens (tertiary/aromatic N) is 2. The van der Waals surface area contributed by atoms with Gasteiger partial charge in [-0.25, -0.2) is 0 Å². The first kappa shape index (κ1) is 23.3. The van der Waals surface area contributed by atoms with Crippen molar-refractivity contribution < 1.29 is 14.3 Å². The van der Waals surface area contributed by atoms with Crippen molar-refractivity contribution in [2.45, 2.75) is 53.2 Å². The van der Waals surface area contributed by atoms with Crippen molar-refractivity contribution in [2.75, 3.05) is 18.5 Å². The maximum absolute atomic E-state index is 12.5. The third kappa shape index (κ3) is 5.45. The summed E-state index contributed by atoms with van der Waals surface area (Å²) in [6, 6.07) is 9.66. The van der Waals surface area contributed by atoms with Crippen LogP contribution in [0.3, 0.4) is 0 Å². The van der Waals surface area contributed by atoms with Crippen LogP contribution in [-0.4, -0.2) is 35.6 Å². The second kappa shape index (κ2) is 10.3. The number of aryl methyl sites for hydroxylation is 3. The summed E-state index contributed by atoms with van der Waals surface area (Å²) in [6.07, 6.45) is 3.89. The smallest absolute Gasteiger partial charge is 0.262 e. The number of nitriles is 1. The fourth-order valence-electron chi connectivity index (χ4n) is 4.00. The van der Waals surface area contributed by atoms with Gasteiger partial charge in [-0.3, -0.25) is 9.59 Å². The van der Waals surface area contributed by atoms with E-state index in [1.54, 1.807) is 6.08 Å². The molecule has 2 N–H and O–H groups in total. The number of carbonyl (C=O) groups is 2. The van der Waals surface area contributed by atoms with Crippen LogP contribution in [0.4, 0.5) is 5.69 Å². The molecule has 1 saturated heterocycles. The van der Waals surface area contributed by atoms with Crippen molar-refractivity contribution in [1.82, 2.24) is 9.88 Å². The number of para-hydroxylation sites is 1. The second-order valence-corrected chi connectivity index (χ2v) is 8.24. The molecular weight excluding hydrogens is 404 g/mol. The van der Waals surface area contributed by atoms with Gasteiger partial charge in [0.15, 0.2) is 0 Å². The molecular formula is C25H30N4O3. The van der Waals surface area contributed by atoms with Gasteiger partial charge in [0, 0.05) is 30.2 Å². The molecule has 1 aromatic heterocycles. The summed E-state index contributed by atoms with van der Waals surface area (Å²) in [4.78, 5) is 24.9. The number of nitrogens with one attached hydrogen (secondary N) is 2. The average Bonchev–Trinajstić information content (AvgIpc) is 3.37. The van der Waals surface area contributed by atoms with Gasteiger partial charge in [0.1, 0.15) is 11.6 Å². The van der Waals surface area contributed by atoms with Crippen LogP contribution < -0.4 is 10.6 Å². The number of carbonyl (C=O) groups excluding carboxylic acids is 2. The number of hydrogen-bond acceptors (Lipinski definition) is 4. The molecule has 0 bridgehead atoms. The first-order valence-electron chi connectivity index (χ1n) is 10.8. The lowest BCUT2D eigenvalue weighted by atomic mass is 10.1. The molecule has 0 saturated carbocycles. The number of hydrogen-bond donors (Lipinski definition) is 2. The Labute approximate surface area is 189 Å². The van der Waals surface area contributed by atoms with E-state index in [1.807, 2.05) is 58.0 Å². The van der Waals surface area contributed by atoms with Crippen molar-refractivity contribution in [3.8, 4) is 6.07 Å². The maximum atomic E-state index is 12.5. The van der Waals surface area contributed by atoms with Gasteiger partial charge in [0.05, 0.1) is 12.6 Å². The predicted octanol–water partition coefficient (Wildman–Crippen LogP) is 3.56. The highest BCUT2D eigenvalue weighted by Crippen LogP contribution is 2.22. The highest BCUT2D eigenvalue weighted by molar-refractivity contribution is 6.04. The van der Waals surface area contributed by atoms with Crippen molar-refractivity contribution >= 4 is 23.6 Å². The van der Waals surface area contributed by atoms with Gasteiger partial charge in [0.25, 0.3) is 5.91 Å². The molecule has 1 atom stereocenters. The third-order valence-electron chi connectivity index (χ3n) is 5.84. The lowest BCUT2D eigenvalue weighted by Gasteiger charge is -2.14. The van der Waals surface area contributed by atoms with E-state index >= 15 is 0 Å². The molecule has 1 aliphatic rings. The minimum atomic E-state index is -0.576. The minimum Gasteiger partial charge on any atom is -0.376 e. The summed E-state index contributed by atoms with van der Waals surface area (Å²) in [5.41, 5.74) is 5.43. The van der Waals surface area contributed by atoms with Crippen LogP contribution in [0.15, 0.2) is 29.8 Å². The molecule has 2 heterocycles. The van der Waals surface area contributed by atoms with Gasteiger partial charge >= 0.3 is 0 Å². The van der Waals surface area contributed by atoms with Crippen LogP contribution in [0.1, 0.15) is 40.9 Å². The van der Waals surface area contributed by atoms with Crippen LogP contribution in [-0.2, 0) is 20.9 Å². The molecule has 1 unspecified atom stereocenters. The molecule has 2 amide bonds. The van der Waals surface area contributed by atoms with Crippen molar-refractivity contribution in [2.24, 2.45) is 0 Å². The Balaban J connectivity index is 1.65. The molecule has 3 rings (SSSR count). The van der Waals surface area contributed by atoms with E-state index in [-0.39, 0.29) is 24.1 Å². The van der Waals surface area contributed by atoms with E-state index < -0.39 is 5.91 Å². The molecule has 2 aromatic rings. The number of rotatable bonds is 7. The molecule has 7 nitrogen and oxygen atoms in total. The summed E-state index contributed by atoms with van der Waals surface area (Å²) in [7, 11) is 0. The predicted molar refractivity (Wildman–Crippen MR) is 124 cm³/mol. The Morgan fingerprint density at radius 2 is 1.97 bits per heavy atom. The standard InChI is InChI=1S/C25H30N4O3/c1-16-7-5-8-17(2)24(16)28-23(30)14-27-25(31)21(13-26)12-20-11-18(3)29(19(20)4)15-22-9-6-10-32-22/h5,7-8,11-12,22H,6,9-10,14-15H2,1-4H3,(H,27,31)(H,28,30)/b21-12+. The topological polar surface area (TPSA) is 96.2 Å². The maximum Gasteiger partial charge on any atom is 0.262 e. The summed E-state index contributed by atoms with van der Waals surface area (Å²) in [5.74, 6) is -0.920. The van der Waals surface area contributed by atoms with Gasteiger partial charge in [-0.15, -0.1) is 0 Å². The minimum absolute atomic E-state index is 0.0396. The van der Waals surface area contributed by atoms with Crippen LogP contribution in [0, 0.1) is 39.0 Å². The van der Waals surface area contributed by atoms with Gasteiger partial charge < -0.3 is 19.9 Å². The number of benzene rings is 1. The third-order valence-corrected chi connectivity index (χ3v) is 5.84. The number of amides is 2. The Kier molecular flexibility index (Phi) is 7.49. The quantitative estimate of drug-likeness (QED) is 0.514. The monoisotopic (exact) mass is 434 g/mol. The van der Waals surface area contributed by atoms with E-state index in [2.05, 4.69) is 15.2 Å². The van der Waals surface area contributed by atoms with E-state index in [1.165, 1.54) is 0 Å². The molecule has 168 valence electrons. The fraction of sp³-hybridized carbons (Fsp3) is 0.400. The largest absolute Gasteiger partial charge is 0.376 e. The lowest BCUT2D eigenvalue weighted by molar-refractivity contribution is -0.121. The molecule has 1 aliphatic heterocycles. The molecule has 1 aromatic carbocycles. The summed E-state index contributed by atoms with van der Waals surface area (Å²) in [6.45, 7) is 9.14. The highest BCUT2D eigenvalue weighted by atomic mass is 16.5. The Morgan fingerprint density at radius 1 is 1.25 bits per heavy atom. The summed E-state index contributed by atoms with van der Waals surface area (Å²) >= 11 is 0. The van der Waals surface area contributed by atoms with Gasteiger partial charge in [0.2, 0.25) is 5.91 Å². The SMILES string of the molecule is Cc1cccc(C)c1NC(=O)CNC(=O)/C(C#N)=C/c1cc(C)n(CC2CCCO2)c1C. The lowest BCUT2D eigenvalue weighted by Crippen LogP contribution is -2.33. The van der Waals surface area contributed by atoms with E-state index in [0.29, 0.717) is 0 Å². The number of aromatic nitrogens is 1. The van der Waals surface area contributed by atoms with E-state index in [0.717, 1.165) is 59.8 Å². The van der Waals surface area contributed by atoms with Crippen LogP contribution in [0.2, 0.25) is 0 Å².